The van der Waals surface area contributed by atoms with Crippen molar-refractivity contribution in [3.8, 4) is 5.82 Å². The van der Waals surface area contributed by atoms with Gasteiger partial charge in [-0.05, 0) is 24.0 Å². The Bertz CT molecular complexity index is 458. The van der Waals surface area contributed by atoms with Crippen LogP contribution in [0.4, 0.5) is 0 Å². The largest absolute Gasteiger partial charge is 0.306 e. The predicted molar refractivity (Wildman–Crippen MR) is 63.3 cm³/mol. The lowest BCUT2D eigenvalue weighted by atomic mass is 10.1. The van der Waals surface area contributed by atoms with Crippen LogP contribution in [0.2, 0.25) is 0 Å². The van der Waals surface area contributed by atoms with Gasteiger partial charge < -0.3 is 0 Å². The fraction of sp³-hybridized carbons (Fsp3) is 0.385. The van der Waals surface area contributed by atoms with E-state index in [1.165, 1.54) is 5.56 Å². The van der Waals surface area contributed by atoms with Crippen molar-refractivity contribution in [1.29, 1.82) is 0 Å². The van der Waals surface area contributed by atoms with E-state index in [-0.39, 0.29) is 0 Å². The zero-order valence-electron chi connectivity index (χ0n) is 10.1. The molecule has 16 heavy (non-hydrogen) atoms. The van der Waals surface area contributed by atoms with Gasteiger partial charge in [-0.2, -0.15) is 0 Å². The molecule has 0 fully saturated rings. The Labute approximate surface area is 96.4 Å². The molecule has 2 aromatic heterocycles. The molecule has 0 spiro atoms. The van der Waals surface area contributed by atoms with Crippen LogP contribution in [0.15, 0.2) is 36.8 Å². The van der Waals surface area contributed by atoms with Crippen LogP contribution in [0.3, 0.4) is 0 Å². The molecule has 0 bridgehead atoms. The highest BCUT2D eigenvalue weighted by molar-refractivity contribution is 5.19. The lowest BCUT2D eigenvalue weighted by Gasteiger charge is -2.06. The van der Waals surface area contributed by atoms with Gasteiger partial charge in [-0.3, -0.25) is 0 Å². The lowest BCUT2D eigenvalue weighted by Crippen LogP contribution is -2.34. The van der Waals surface area contributed by atoms with Gasteiger partial charge in [0.2, 0.25) is 0 Å². The number of nitrogens with zero attached hydrogens (tertiary/aromatic N) is 3. The van der Waals surface area contributed by atoms with E-state index in [4.69, 9.17) is 0 Å². The Morgan fingerprint density at radius 2 is 2.19 bits per heavy atom. The van der Waals surface area contributed by atoms with Gasteiger partial charge in [0.25, 0.3) is 0 Å². The summed E-state index contributed by atoms with van der Waals surface area (Å²) in [5, 5.41) is 4.23. The van der Waals surface area contributed by atoms with Crippen LogP contribution in [0.5, 0.6) is 0 Å². The molecular weight excluding hydrogens is 198 g/mol. The first-order valence-corrected chi connectivity index (χ1v) is 5.65. The first-order valence-electron chi connectivity index (χ1n) is 5.65. The van der Waals surface area contributed by atoms with Gasteiger partial charge in [-0.1, -0.05) is 18.9 Å². The van der Waals surface area contributed by atoms with E-state index >= 15 is 0 Å². The molecule has 3 heteroatoms. The van der Waals surface area contributed by atoms with Crippen LogP contribution in [0.1, 0.15) is 19.4 Å². The Balaban J connectivity index is 2.30. The number of pyridine rings is 1. The second-order valence-electron chi connectivity index (χ2n) is 4.56. The maximum atomic E-state index is 4.23. The number of rotatable bonds is 3. The van der Waals surface area contributed by atoms with Gasteiger partial charge in [-0.15, -0.1) is 4.68 Å². The van der Waals surface area contributed by atoms with Crippen LogP contribution in [0, 0.1) is 5.92 Å². The van der Waals surface area contributed by atoms with Gasteiger partial charge in [0.15, 0.2) is 0 Å². The highest BCUT2D eigenvalue weighted by Gasteiger charge is 2.10. The molecular formula is C13H18N3+. The molecule has 0 aliphatic rings. The van der Waals surface area contributed by atoms with Gasteiger partial charge >= 0.3 is 5.82 Å². The molecule has 2 rings (SSSR count). The molecule has 2 heterocycles. The molecule has 2 aromatic rings. The zero-order valence-corrected chi connectivity index (χ0v) is 10.1. The van der Waals surface area contributed by atoms with Crippen molar-refractivity contribution in [2.24, 2.45) is 13.0 Å². The van der Waals surface area contributed by atoms with Crippen molar-refractivity contribution in [1.82, 2.24) is 9.78 Å². The second-order valence-corrected chi connectivity index (χ2v) is 4.56. The molecule has 0 saturated carbocycles. The summed E-state index contributed by atoms with van der Waals surface area (Å²) in [4.78, 5) is 0. The normalized spacial score (nSPS) is 11.0. The van der Waals surface area contributed by atoms with Gasteiger partial charge in [0.05, 0.1) is 19.4 Å². The molecule has 0 saturated heterocycles. The highest BCUT2D eigenvalue weighted by atomic mass is 15.3. The third kappa shape index (κ3) is 2.30. The van der Waals surface area contributed by atoms with Gasteiger partial charge in [0, 0.05) is 12.1 Å². The van der Waals surface area contributed by atoms with Crippen LogP contribution in [0.25, 0.3) is 5.82 Å². The third-order valence-corrected chi connectivity index (χ3v) is 2.55. The number of hydrogen-bond donors (Lipinski definition) is 0. The Hall–Kier alpha value is -1.64. The molecule has 3 nitrogen and oxygen atoms in total. The second kappa shape index (κ2) is 4.47. The minimum atomic E-state index is 0.690. The average Bonchev–Trinajstić information content (AvgIpc) is 2.69. The van der Waals surface area contributed by atoms with Gasteiger partial charge in [-0.25, -0.2) is 4.57 Å². The Kier molecular flexibility index (Phi) is 3.04. The summed E-state index contributed by atoms with van der Waals surface area (Å²) in [5.41, 5.74) is 1.37. The van der Waals surface area contributed by atoms with Crippen LogP contribution >= 0.6 is 0 Å². The molecule has 0 aromatic carbocycles. The number of aryl methyl sites for hydroxylation is 1. The van der Waals surface area contributed by atoms with Crippen molar-refractivity contribution in [3.63, 3.8) is 0 Å². The maximum absolute atomic E-state index is 4.23. The van der Waals surface area contributed by atoms with E-state index in [9.17, 15) is 0 Å². The third-order valence-electron chi connectivity index (χ3n) is 2.55. The van der Waals surface area contributed by atoms with Crippen LogP contribution in [-0.2, 0) is 13.5 Å². The first-order chi connectivity index (χ1) is 7.66. The smallest absolute Gasteiger partial charge is 0.235 e. The summed E-state index contributed by atoms with van der Waals surface area (Å²) >= 11 is 0. The van der Waals surface area contributed by atoms with E-state index in [0.717, 1.165) is 12.2 Å². The highest BCUT2D eigenvalue weighted by Crippen LogP contribution is 2.07. The van der Waals surface area contributed by atoms with Crippen molar-refractivity contribution >= 4 is 0 Å². The molecule has 0 amide bonds. The van der Waals surface area contributed by atoms with E-state index in [1.54, 1.807) is 6.20 Å². The summed E-state index contributed by atoms with van der Waals surface area (Å²) in [6, 6.07) is 6.23. The summed E-state index contributed by atoms with van der Waals surface area (Å²) in [6.45, 7) is 4.48. The quantitative estimate of drug-likeness (QED) is 0.718. The molecule has 0 aliphatic carbocycles. The lowest BCUT2D eigenvalue weighted by molar-refractivity contribution is -0.666. The standard InChI is InChI=1S/C13H18N3/c1-11(2)9-12-5-6-13(15(3)10-12)16-8-4-7-14-16/h4-8,10-11H,9H2,1-3H3/q+1. The average molecular weight is 216 g/mol. The molecule has 0 unspecified atom stereocenters. The van der Waals surface area contributed by atoms with Gasteiger partial charge in [0.1, 0.15) is 6.20 Å². The summed E-state index contributed by atoms with van der Waals surface area (Å²) in [6.07, 6.45) is 7.05. The van der Waals surface area contributed by atoms with Crippen LogP contribution in [-0.4, -0.2) is 9.78 Å². The molecule has 0 atom stereocenters. The Morgan fingerprint density at radius 1 is 1.38 bits per heavy atom. The van der Waals surface area contributed by atoms with Crippen molar-refractivity contribution < 1.29 is 4.57 Å². The number of aromatic nitrogens is 3. The zero-order chi connectivity index (χ0) is 11.5. The summed E-state index contributed by atoms with van der Waals surface area (Å²) in [5.74, 6) is 1.77. The SMILES string of the molecule is CC(C)Cc1ccc(-n2cccn2)[n+](C)c1. The summed E-state index contributed by atoms with van der Waals surface area (Å²) < 4.78 is 3.99. The van der Waals surface area contributed by atoms with Crippen molar-refractivity contribution in [2.45, 2.75) is 20.3 Å². The topological polar surface area (TPSA) is 21.7 Å². The Morgan fingerprint density at radius 3 is 2.75 bits per heavy atom. The van der Waals surface area contributed by atoms with E-state index in [0.29, 0.717) is 5.92 Å². The van der Waals surface area contributed by atoms with Crippen molar-refractivity contribution in [3.05, 3.63) is 42.4 Å². The molecule has 84 valence electrons. The fourth-order valence-electron chi connectivity index (χ4n) is 1.89. The monoisotopic (exact) mass is 216 g/mol. The fourth-order valence-corrected chi connectivity index (χ4v) is 1.89. The maximum Gasteiger partial charge on any atom is 0.306 e. The molecule has 0 N–H and O–H groups in total. The van der Waals surface area contributed by atoms with Crippen LogP contribution < -0.4 is 4.57 Å². The minimum absolute atomic E-state index is 0.690. The van der Waals surface area contributed by atoms with E-state index in [2.05, 4.69) is 48.9 Å². The summed E-state index contributed by atoms with van der Waals surface area (Å²) in [7, 11) is 2.06. The number of hydrogen-bond acceptors (Lipinski definition) is 1. The van der Waals surface area contributed by atoms with E-state index < -0.39 is 0 Å². The predicted octanol–water partition coefficient (Wildman–Crippen LogP) is 1.90. The van der Waals surface area contributed by atoms with Crippen molar-refractivity contribution in [2.75, 3.05) is 0 Å². The van der Waals surface area contributed by atoms with E-state index in [1.807, 2.05) is 16.9 Å². The first kappa shape index (κ1) is 10.9. The minimum Gasteiger partial charge on any atom is -0.235 e. The molecule has 0 radical (unpaired) electrons. The molecule has 0 aliphatic heterocycles.